The average molecular weight is 256 g/mol. The normalized spacial score (nSPS) is 12.3. The van der Waals surface area contributed by atoms with Gasteiger partial charge in [0.15, 0.2) is 0 Å². The minimum Gasteiger partial charge on any atom is -0.380 e. The highest BCUT2D eigenvalue weighted by Crippen LogP contribution is 2.18. The van der Waals surface area contributed by atoms with E-state index in [4.69, 9.17) is 4.74 Å². The maximum Gasteiger partial charge on any atom is 0.0716 e. The van der Waals surface area contributed by atoms with E-state index in [-0.39, 0.29) is 6.04 Å². The van der Waals surface area contributed by atoms with Gasteiger partial charge in [0.1, 0.15) is 0 Å². The standard InChI is InChI=1S/C16H20N2O/c1-13(18-11-15-8-5-6-10-17-15)16-9-4-3-7-14(16)12-19-2/h3-10,13,18H,11-12H2,1-2H3. The first-order valence-electron chi connectivity index (χ1n) is 6.51. The molecule has 2 rings (SSSR count). The number of ether oxygens (including phenoxy) is 1. The van der Waals surface area contributed by atoms with E-state index < -0.39 is 0 Å². The molecule has 100 valence electrons. The van der Waals surface area contributed by atoms with Gasteiger partial charge in [-0.05, 0) is 30.2 Å². The first kappa shape index (κ1) is 13.7. The Morgan fingerprint density at radius 1 is 1.16 bits per heavy atom. The molecule has 1 aromatic heterocycles. The molecule has 1 atom stereocenters. The maximum absolute atomic E-state index is 5.24. The van der Waals surface area contributed by atoms with Gasteiger partial charge in [0.2, 0.25) is 0 Å². The molecule has 0 saturated carbocycles. The molecule has 0 fully saturated rings. The van der Waals surface area contributed by atoms with E-state index in [1.807, 2.05) is 30.5 Å². The van der Waals surface area contributed by atoms with Crippen LogP contribution >= 0.6 is 0 Å². The zero-order chi connectivity index (χ0) is 13.5. The second kappa shape index (κ2) is 7.02. The molecule has 0 bridgehead atoms. The van der Waals surface area contributed by atoms with Crippen LogP contribution in [0.1, 0.15) is 29.8 Å². The molecule has 2 aromatic rings. The molecule has 19 heavy (non-hydrogen) atoms. The minimum absolute atomic E-state index is 0.272. The first-order valence-corrected chi connectivity index (χ1v) is 6.51. The summed E-state index contributed by atoms with van der Waals surface area (Å²) in [5.41, 5.74) is 3.56. The highest BCUT2D eigenvalue weighted by atomic mass is 16.5. The van der Waals surface area contributed by atoms with E-state index in [2.05, 4.69) is 35.4 Å². The lowest BCUT2D eigenvalue weighted by Gasteiger charge is -2.17. The number of rotatable bonds is 6. The molecule has 3 nitrogen and oxygen atoms in total. The van der Waals surface area contributed by atoms with E-state index in [1.54, 1.807) is 7.11 Å². The van der Waals surface area contributed by atoms with Crippen molar-refractivity contribution in [3.63, 3.8) is 0 Å². The van der Waals surface area contributed by atoms with E-state index in [0.717, 1.165) is 12.2 Å². The van der Waals surface area contributed by atoms with Crippen LogP contribution in [0.2, 0.25) is 0 Å². The molecule has 0 spiro atoms. The van der Waals surface area contributed by atoms with Crippen LogP contribution in [-0.4, -0.2) is 12.1 Å². The van der Waals surface area contributed by atoms with E-state index in [0.29, 0.717) is 6.61 Å². The summed E-state index contributed by atoms with van der Waals surface area (Å²) >= 11 is 0. The van der Waals surface area contributed by atoms with Gasteiger partial charge in [-0.1, -0.05) is 30.3 Å². The second-order valence-electron chi connectivity index (χ2n) is 4.56. The fraction of sp³-hybridized carbons (Fsp3) is 0.312. The van der Waals surface area contributed by atoms with Gasteiger partial charge in [-0.15, -0.1) is 0 Å². The van der Waals surface area contributed by atoms with Crippen LogP contribution in [0.15, 0.2) is 48.7 Å². The van der Waals surface area contributed by atoms with Crippen LogP contribution in [0.4, 0.5) is 0 Å². The molecule has 0 amide bonds. The predicted octanol–water partition coefficient (Wildman–Crippen LogP) is 3.08. The van der Waals surface area contributed by atoms with Crippen LogP contribution in [0.5, 0.6) is 0 Å². The second-order valence-corrected chi connectivity index (χ2v) is 4.56. The lowest BCUT2D eigenvalue weighted by molar-refractivity contribution is 0.183. The molecular weight excluding hydrogens is 236 g/mol. The third-order valence-electron chi connectivity index (χ3n) is 3.14. The summed E-state index contributed by atoms with van der Waals surface area (Å²) in [5.74, 6) is 0. The highest BCUT2D eigenvalue weighted by Gasteiger charge is 2.09. The largest absolute Gasteiger partial charge is 0.380 e. The lowest BCUT2D eigenvalue weighted by atomic mass is 10.0. The Kier molecular flexibility index (Phi) is 5.07. The number of nitrogens with zero attached hydrogens (tertiary/aromatic N) is 1. The summed E-state index contributed by atoms with van der Waals surface area (Å²) in [4.78, 5) is 4.32. The molecule has 1 N–H and O–H groups in total. The number of hydrogen-bond acceptors (Lipinski definition) is 3. The topological polar surface area (TPSA) is 34.1 Å². The average Bonchev–Trinajstić information content (AvgIpc) is 2.47. The van der Waals surface area contributed by atoms with Gasteiger partial charge in [-0.2, -0.15) is 0 Å². The number of hydrogen-bond donors (Lipinski definition) is 1. The fourth-order valence-electron chi connectivity index (χ4n) is 2.11. The van der Waals surface area contributed by atoms with Crippen LogP contribution in [0.25, 0.3) is 0 Å². The Labute approximate surface area is 114 Å². The monoisotopic (exact) mass is 256 g/mol. The van der Waals surface area contributed by atoms with Gasteiger partial charge in [0, 0.05) is 25.9 Å². The summed E-state index contributed by atoms with van der Waals surface area (Å²) in [6.07, 6.45) is 1.82. The molecule has 3 heteroatoms. The summed E-state index contributed by atoms with van der Waals surface area (Å²) in [7, 11) is 1.72. The van der Waals surface area contributed by atoms with Crippen molar-refractivity contribution in [3.8, 4) is 0 Å². The molecule has 0 aliphatic rings. The smallest absolute Gasteiger partial charge is 0.0716 e. The van der Waals surface area contributed by atoms with Gasteiger partial charge < -0.3 is 10.1 Å². The fourth-order valence-corrected chi connectivity index (χ4v) is 2.11. The molecule has 1 unspecified atom stereocenters. The van der Waals surface area contributed by atoms with E-state index in [9.17, 15) is 0 Å². The van der Waals surface area contributed by atoms with Crippen molar-refractivity contribution >= 4 is 0 Å². The number of aromatic nitrogens is 1. The maximum atomic E-state index is 5.24. The van der Waals surface area contributed by atoms with Crippen LogP contribution in [-0.2, 0) is 17.9 Å². The van der Waals surface area contributed by atoms with E-state index in [1.165, 1.54) is 11.1 Å². The minimum atomic E-state index is 0.272. The number of methoxy groups -OCH3 is 1. The third-order valence-corrected chi connectivity index (χ3v) is 3.14. The highest BCUT2D eigenvalue weighted by molar-refractivity contribution is 5.29. The number of benzene rings is 1. The Morgan fingerprint density at radius 3 is 2.68 bits per heavy atom. The van der Waals surface area contributed by atoms with Crippen LogP contribution in [0.3, 0.4) is 0 Å². The molecule has 0 radical (unpaired) electrons. The molecule has 1 heterocycles. The number of pyridine rings is 1. The van der Waals surface area contributed by atoms with Crippen molar-refractivity contribution in [3.05, 3.63) is 65.5 Å². The molecule has 1 aromatic carbocycles. The summed E-state index contributed by atoms with van der Waals surface area (Å²) in [5, 5.41) is 3.50. The molecule has 0 aliphatic carbocycles. The van der Waals surface area contributed by atoms with Crippen molar-refractivity contribution in [1.29, 1.82) is 0 Å². The van der Waals surface area contributed by atoms with Crippen molar-refractivity contribution in [2.75, 3.05) is 7.11 Å². The van der Waals surface area contributed by atoms with Crippen LogP contribution < -0.4 is 5.32 Å². The van der Waals surface area contributed by atoms with Gasteiger partial charge in [-0.3, -0.25) is 4.98 Å². The zero-order valence-electron chi connectivity index (χ0n) is 11.5. The first-order chi connectivity index (χ1) is 9.31. The zero-order valence-corrected chi connectivity index (χ0v) is 11.5. The van der Waals surface area contributed by atoms with Crippen LogP contribution in [0, 0.1) is 0 Å². The summed E-state index contributed by atoms with van der Waals surface area (Å²) in [6.45, 7) is 3.58. The summed E-state index contributed by atoms with van der Waals surface area (Å²) in [6, 6.07) is 14.6. The Hall–Kier alpha value is -1.71. The van der Waals surface area contributed by atoms with Gasteiger partial charge in [0.05, 0.1) is 12.3 Å². The Bertz CT molecular complexity index is 499. The Morgan fingerprint density at radius 2 is 1.95 bits per heavy atom. The van der Waals surface area contributed by atoms with Crippen molar-refractivity contribution < 1.29 is 4.74 Å². The molecule has 0 saturated heterocycles. The quantitative estimate of drug-likeness (QED) is 0.862. The van der Waals surface area contributed by atoms with Gasteiger partial charge in [-0.25, -0.2) is 0 Å². The predicted molar refractivity (Wildman–Crippen MR) is 76.6 cm³/mol. The van der Waals surface area contributed by atoms with E-state index >= 15 is 0 Å². The van der Waals surface area contributed by atoms with Gasteiger partial charge in [0.25, 0.3) is 0 Å². The Balaban J connectivity index is 2.01. The van der Waals surface area contributed by atoms with Crippen molar-refractivity contribution in [2.45, 2.75) is 26.1 Å². The SMILES string of the molecule is COCc1ccccc1C(C)NCc1ccccn1. The van der Waals surface area contributed by atoms with Gasteiger partial charge >= 0.3 is 0 Å². The lowest BCUT2D eigenvalue weighted by Crippen LogP contribution is -2.20. The molecular formula is C16H20N2O. The molecule has 0 aliphatic heterocycles. The van der Waals surface area contributed by atoms with Crippen molar-refractivity contribution in [2.24, 2.45) is 0 Å². The van der Waals surface area contributed by atoms with Crippen molar-refractivity contribution in [1.82, 2.24) is 10.3 Å². The summed E-state index contributed by atoms with van der Waals surface area (Å²) < 4.78 is 5.24. The number of nitrogens with one attached hydrogen (secondary N) is 1. The third kappa shape index (κ3) is 3.88.